The van der Waals surface area contributed by atoms with Crippen molar-refractivity contribution in [3.05, 3.63) is 23.0 Å². The molecule has 1 amide bonds. The molecule has 184 valence electrons. The van der Waals surface area contributed by atoms with Gasteiger partial charge in [-0.3, -0.25) is 4.98 Å². The Bertz CT molecular complexity index is 800. The molecule has 0 radical (unpaired) electrons. The molecule has 1 unspecified atom stereocenters. The molecule has 0 aliphatic heterocycles. The van der Waals surface area contributed by atoms with Gasteiger partial charge in [-0.1, -0.05) is 53.1 Å². The van der Waals surface area contributed by atoms with Crippen LogP contribution in [0.15, 0.2) is 6.20 Å². The molecular weight excluding hydrogens is 460 g/mol. The average Bonchev–Trinajstić information content (AvgIpc) is 2.58. The van der Waals surface area contributed by atoms with Gasteiger partial charge in [0.1, 0.15) is 5.75 Å². The van der Waals surface area contributed by atoms with Gasteiger partial charge in [-0.2, -0.15) is 0 Å². The van der Waals surface area contributed by atoms with Gasteiger partial charge >= 0.3 is 6.09 Å². The van der Waals surface area contributed by atoms with E-state index < -0.39 is 28.3 Å². The summed E-state index contributed by atoms with van der Waals surface area (Å²) in [6, 6.07) is 0. The van der Waals surface area contributed by atoms with Gasteiger partial charge in [-0.25, -0.2) is 4.79 Å². The Balaban J connectivity index is 3.38. The minimum absolute atomic E-state index is 0.0186. The molecule has 1 aromatic heterocycles. The molecule has 1 atom stereocenters. The fourth-order valence-electron chi connectivity index (χ4n) is 2.36. The number of carbonyl (C=O) groups excluding carboxylic acids is 1. The molecule has 1 heterocycles. The van der Waals surface area contributed by atoms with E-state index in [-0.39, 0.29) is 16.6 Å². The minimum Gasteiger partial charge on any atom is -0.542 e. The second-order valence-corrected chi connectivity index (χ2v) is 21.5. The number of hydrogen-bond donors (Lipinski definition) is 1. The maximum atomic E-state index is 12.1. The largest absolute Gasteiger partial charge is 0.542 e. The van der Waals surface area contributed by atoms with Crippen LogP contribution in [0.25, 0.3) is 0 Å². The van der Waals surface area contributed by atoms with Gasteiger partial charge in [0.15, 0.2) is 13.9 Å². The average molecular weight is 503 g/mol. The van der Waals surface area contributed by atoms with Crippen molar-refractivity contribution in [3.8, 4) is 5.75 Å². The maximum absolute atomic E-state index is 12.1. The molecule has 0 aliphatic carbocycles. The summed E-state index contributed by atoms with van der Waals surface area (Å²) in [7, 11) is -4.11. The zero-order chi connectivity index (χ0) is 25.1. The number of aryl methyl sites for hydroxylation is 1. The third kappa shape index (κ3) is 7.75. The van der Waals surface area contributed by atoms with E-state index in [1.165, 1.54) is 0 Å². The number of pyridine rings is 1. The molecular formula is C23H43ClN2O4Si2. The fourth-order valence-corrected chi connectivity index (χ4v) is 4.48. The molecule has 32 heavy (non-hydrogen) atoms. The monoisotopic (exact) mass is 502 g/mol. The second-order valence-electron chi connectivity index (χ2n) is 11.4. The van der Waals surface area contributed by atoms with E-state index in [1.807, 2.05) is 13.1 Å². The normalized spacial score (nSPS) is 14.2. The van der Waals surface area contributed by atoms with Crippen LogP contribution in [0.2, 0.25) is 36.3 Å². The summed E-state index contributed by atoms with van der Waals surface area (Å²) >= 11 is 5.79. The Morgan fingerprint density at radius 1 is 1.09 bits per heavy atom. The molecule has 0 aromatic carbocycles. The van der Waals surface area contributed by atoms with Crippen LogP contribution in [0, 0.1) is 6.92 Å². The summed E-state index contributed by atoms with van der Waals surface area (Å²) in [6.45, 7) is 26.3. The van der Waals surface area contributed by atoms with Crippen molar-refractivity contribution in [3.63, 3.8) is 0 Å². The number of carbonyl (C=O) groups is 1. The first kappa shape index (κ1) is 28.9. The third-order valence-electron chi connectivity index (χ3n) is 6.64. The Kier molecular flexibility index (Phi) is 9.45. The summed E-state index contributed by atoms with van der Waals surface area (Å²) < 4.78 is 18.2. The lowest BCUT2D eigenvalue weighted by Crippen LogP contribution is -2.44. The SMILES string of the molecule is Cc1ncc(CO[Si](C)(C)C(C)(C)C)c(CNC(=O)OC(C)Cl)c1O[Si](C)(C)C(C)(C)C. The summed E-state index contributed by atoms with van der Waals surface area (Å²) in [6.07, 6.45) is 1.25. The van der Waals surface area contributed by atoms with Crippen LogP contribution in [0.3, 0.4) is 0 Å². The number of aromatic nitrogens is 1. The van der Waals surface area contributed by atoms with Crippen molar-refractivity contribution in [1.29, 1.82) is 0 Å². The van der Waals surface area contributed by atoms with Crippen molar-refractivity contribution < 1.29 is 18.4 Å². The van der Waals surface area contributed by atoms with Crippen LogP contribution in [0.4, 0.5) is 4.79 Å². The maximum Gasteiger partial charge on any atom is 0.408 e. The highest BCUT2D eigenvalue weighted by Crippen LogP contribution is 2.40. The second kappa shape index (κ2) is 10.4. The van der Waals surface area contributed by atoms with Crippen molar-refractivity contribution >= 4 is 34.3 Å². The van der Waals surface area contributed by atoms with Gasteiger partial charge in [0, 0.05) is 17.3 Å². The number of nitrogens with zero attached hydrogens (tertiary/aromatic N) is 1. The van der Waals surface area contributed by atoms with Crippen LogP contribution in [0.1, 0.15) is 65.3 Å². The first-order valence-corrected chi connectivity index (χ1v) is 17.4. The number of halogens is 1. The molecule has 0 fully saturated rings. The Morgan fingerprint density at radius 3 is 2.09 bits per heavy atom. The standard InChI is InChI=1S/C23H43ClN2O4Si2/c1-16-20(30-32(11,12)23(6,7)8)19(14-26-21(27)29-17(2)24)18(13-25-16)15-28-31(9,10)22(3,4)5/h13,17H,14-15H2,1-12H3,(H,26,27). The number of ether oxygens (including phenoxy) is 1. The number of alkyl halides is 1. The number of alkyl carbamates (subject to hydrolysis) is 1. The fraction of sp³-hybridized carbons (Fsp3) is 0.739. The van der Waals surface area contributed by atoms with Gasteiger partial charge in [0.2, 0.25) is 0 Å². The summed E-state index contributed by atoms with van der Waals surface area (Å²) in [5.74, 6) is 0.729. The van der Waals surface area contributed by atoms with Crippen LogP contribution >= 0.6 is 11.6 Å². The van der Waals surface area contributed by atoms with E-state index >= 15 is 0 Å². The molecule has 6 nitrogen and oxygen atoms in total. The summed E-state index contributed by atoms with van der Waals surface area (Å²) in [5.41, 5.74) is 1.87. The van der Waals surface area contributed by atoms with Gasteiger partial charge in [-0.05, 0) is 50.1 Å². The van der Waals surface area contributed by atoms with Crippen LogP contribution in [-0.4, -0.2) is 33.3 Å². The van der Waals surface area contributed by atoms with Crippen molar-refractivity contribution in [2.45, 2.75) is 110 Å². The first-order valence-electron chi connectivity index (χ1n) is 11.2. The zero-order valence-corrected chi connectivity index (χ0v) is 24.8. The van der Waals surface area contributed by atoms with Crippen LogP contribution in [0.5, 0.6) is 5.75 Å². The van der Waals surface area contributed by atoms with E-state index in [9.17, 15) is 4.79 Å². The van der Waals surface area contributed by atoms with E-state index in [0.717, 1.165) is 22.6 Å². The van der Waals surface area contributed by atoms with Crippen molar-refractivity contribution in [1.82, 2.24) is 10.3 Å². The van der Waals surface area contributed by atoms with Gasteiger partial charge in [0.25, 0.3) is 8.32 Å². The number of hydrogen-bond acceptors (Lipinski definition) is 5. The van der Waals surface area contributed by atoms with E-state index in [0.29, 0.717) is 6.61 Å². The van der Waals surface area contributed by atoms with Crippen molar-refractivity contribution in [2.24, 2.45) is 0 Å². The number of amides is 1. The topological polar surface area (TPSA) is 69.7 Å². The lowest BCUT2D eigenvalue weighted by atomic mass is 10.1. The summed E-state index contributed by atoms with van der Waals surface area (Å²) in [5, 5.41) is 2.91. The zero-order valence-electron chi connectivity index (χ0n) is 22.0. The third-order valence-corrected chi connectivity index (χ3v) is 15.5. The lowest BCUT2D eigenvalue weighted by Gasteiger charge is -2.38. The number of rotatable bonds is 8. The van der Waals surface area contributed by atoms with Gasteiger partial charge < -0.3 is 18.9 Å². The molecule has 1 rings (SSSR count). The van der Waals surface area contributed by atoms with Crippen LogP contribution in [-0.2, 0) is 22.3 Å². The van der Waals surface area contributed by atoms with Crippen molar-refractivity contribution in [2.75, 3.05) is 0 Å². The quantitative estimate of drug-likeness (QED) is 0.303. The Labute approximate surface area is 202 Å². The first-order chi connectivity index (χ1) is 14.3. The molecule has 9 heteroatoms. The van der Waals surface area contributed by atoms with E-state index in [1.54, 1.807) is 6.92 Å². The molecule has 1 N–H and O–H groups in total. The highest BCUT2D eigenvalue weighted by atomic mass is 35.5. The highest BCUT2D eigenvalue weighted by molar-refractivity contribution is 6.75. The van der Waals surface area contributed by atoms with Crippen LogP contribution < -0.4 is 9.74 Å². The smallest absolute Gasteiger partial charge is 0.408 e. The molecule has 0 saturated heterocycles. The molecule has 0 saturated carbocycles. The summed E-state index contributed by atoms with van der Waals surface area (Å²) in [4.78, 5) is 16.7. The Morgan fingerprint density at radius 2 is 1.62 bits per heavy atom. The molecule has 0 aliphatic rings. The molecule has 0 bridgehead atoms. The number of nitrogens with one attached hydrogen (secondary N) is 1. The Hall–Kier alpha value is -1.10. The van der Waals surface area contributed by atoms with E-state index in [4.69, 9.17) is 25.2 Å². The minimum atomic E-state index is -2.14. The highest BCUT2D eigenvalue weighted by Gasteiger charge is 2.40. The molecule has 1 aromatic rings. The predicted molar refractivity (Wildman–Crippen MR) is 137 cm³/mol. The molecule has 0 spiro atoms. The lowest BCUT2D eigenvalue weighted by molar-refractivity contribution is 0.138. The van der Waals surface area contributed by atoms with E-state index in [2.05, 4.69) is 78.0 Å². The predicted octanol–water partition coefficient (Wildman–Crippen LogP) is 7.11. The van der Waals surface area contributed by atoms with Gasteiger partial charge in [-0.15, -0.1) is 0 Å². The van der Waals surface area contributed by atoms with Gasteiger partial charge in [0.05, 0.1) is 18.8 Å².